The lowest BCUT2D eigenvalue weighted by Crippen LogP contribution is -2.09. The molecular weight excluding hydrogens is 373 g/mol. The number of nitrogens with two attached hydrogens (primary N) is 1. The lowest BCUT2D eigenvalue weighted by molar-refractivity contribution is -0.141. The highest BCUT2D eigenvalue weighted by atomic mass is 19.4. The molecule has 10 heteroatoms. The third-order valence-corrected chi connectivity index (χ3v) is 3.33. The number of nitrogens with one attached hydrogen (secondary N) is 1. The molecule has 2 heterocycles. The van der Waals surface area contributed by atoms with Crippen LogP contribution in [0.1, 0.15) is 25.1 Å². The number of nitrogens with zero attached hydrogens (tertiary/aromatic N) is 4. The van der Waals surface area contributed by atoms with Crippen LogP contribution in [0, 0.1) is 0 Å². The molecule has 28 heavy (non-hydrogen) atoms. The number of aliphatic hydroxyl groups excluding tert-OH is 1. The molecule has 0 bridgehead atoms. The molecule has 4 N–H and O–H groups in total. The number of halogens is 3. The van der Waals surface area contributed by atoms with Crippen LogP contribution in [-0.2, 0) is 12.8 Å². The zero-order chi connectivity index (χ0) is 20.7. The summed E-state index contributed by atoms with van der Waals surface area (Å²) in [5.74, 6) is 0.110. The minimum Gasteiger partial charge on any atom is -0.392 e. The number of hydrogen-bond donors (Lipinski definition) is 3. The van der Waals surface area contributed by atoms with E-state index >= 15 is 0 Å². The van der Waals surface area contributed by atoms with Gasteiger partial charge in [-0.25, -0.2) is 0 Å². The highest BCUT2D eigenvalue weighted by molar-refractivity contribution is 5.61. The maximum Gasteiger partial charge on any atom is 0.433 e. The molecule has 0 aliphatic rings. The van der Waals surface area contributed by atoms with E-state index in [-0.39, 0.29) is 30.0 Å². The maximum absolute atomic E-state index is 12.8. The monoisotopic (exact) mass is 392 g/mol. The molecule has 3 rings (SSSR count). The summed E-state index contributed by atoms with van der Waals surface area (Å²) in [6.07, 6.45) is -3.53. The van der Waals surface area contributed by atoms with Crippen molar-refractivity contribution in [2.75, 3.05) is 11.1 Å². The van der Waals surface area contributed by atoms with Crippen LogP contribution in [0.4, 0.5) is 30.8 Å². The van der Waals surface area contributed by atoms with E-state index in [1.165, 1.54) is 6.07 Å². The number of aromatic nitrogens is 4. The summed E-state index contributed by atoms with van der Waals surface area (Å²) in [7, 11) is 0. The van der Waals surface area contributed by atoms with Gasteiger partial charge in [0.05, 0.1) is 6.61 Å². The summed E-state index contributed by atoms with van der Waals surface area (Å²) in [5, 5.41) is 11.9. The molecule has 0 fully saturated rings. The molecule has 0 aliphatic heterocycles. The van der Waals surface area contributed by atoms with Crippen LogP contribution >= 0.6 is 0 Å². The van der Waals surface area contributed by atoms with E-state index in [1.54, 1.807) is 24.3 Å². The van der Waals surface area contributed by atoms with Gasteiger partial charge in [-0.1, -0.05) is 32.0 Å². The first-order chi connectivity index (χ1) is 13.3. The van der Waals surface area contributed by atoms with Crippen molar-refractivity contribution in [2.45, 2.75) is 26.6 Å². The van der Waals surface area contributed by atoms with Gasteiger partial charge in [0.25, 0.3) is 0 Å². The van der Waals surface area contributed by atoms with Crippen LogP contribution in [-0.4, -0.2) is 25.0 Å². The molecule has 1 aromatic carbocycles. The second-order valence-corrected chi connectivity index (χ2v) is 5.25. The van der Waals surface area contributed by atoms with E-state index in [0.29, 0.717) is 11.1 Å². The Bertz CT molecular complexity index is 933. The van der Waals surface area contributed by atoms with Gasteiger partial charge in [-0.3, -0.25) is 4.98 Å². The fraction of sp³-hybridized carbons (Fsp3) is 0.222. The second-order valence-electron chi connectivity index (χ2n) is 5.25. The smallest absolute Gasteiger partial charge is 0.392 e. The van der Waals surface area contributed by atoms with Crippen molar-refractivity contribution in [3.63, 3.8) is 0 Å². The van der Waals surface area contributed by atoms with Crippen molar-refractivity contribution < 1.29 is 18.3 Å². The zero-order valence-corrected chi connectivity index (χ0v) is 15.2. The van der Waals surface area contributed by atoms with E-state index in [9.17, 15) is 18.3 Å². The Labute approximate surface area is 159 Å². The SMILES string of the molecule is CC.Nc1nc(Nc2ccnc(C(F)(F)F)c2)nc(-c2cccc(CO)c2)n1. The lowest BCUT2D eigenvalue weighted by atomic mass is 10.1. The molecule has 0 aliphatic carbocycles. The average Bonchev–Trinajstić information content (AvgIpc) is 2.69. The Morgan fingerprint density at radius 3 is 2.50 bits per heavy atom. The second kappa shape index (κ2) is 9.09. The van der Waals surface area contributed by atoms with Crippen LogP contribution in [0.5, 0.6) is 0 Å². The Balaban J connectivity index is 0.00000136. The molecular formula is C18H19F3N6O. The maximum atomic E-state index is 12.8. The third-order valence-electron chi connectivity index (χ3n) is 3.33. The fourth-order valence-electron chi connectivity index (χ4n) is 2.18. The summed E-state index contributed by atoms with van der Waals surface area (Å²) in [6.45, 7) is 3.84. The summed E-state index contributed by atoms with van der Waals surface area (Å²) in [5.41, 5.74) is 5.98. The number of aliphatic hydroxyl groups is 1. The normalized spacial score (nSPS) is 10.8. The minimum atomic E-state index is -4.56. The van der Waals surface area contributed by atoms with E-state index < -0.39 is 11.9 Å². The number of hydrogen-bond acceptors (Lipinski definition) is 7. The van der Waals surface area contributed by atoms with Crippen LogP contribution < -0.4 is 11.1 Å². The highest BCUT2D eigenvalue weighted by Gasteiger charge is 2.32. The number of pyridine rings is 1. The first kappa shape index (κ1) is 21.0. The topological polar surface area (TPSA) is 110 Å². The van der Waals surface area contributed by atoms with Gasteiger partial charge in [0.1, 0.15) is 5.69 Å². The summed E-state index contributed by atoms with van der Waals surface area (Å²) in [4.78, 5) is 15.4. The number of nitrogen functional groups attached to an aromatic ring is 1. The van der Waals surface area contributed by atoms with Crippen LogP contribution in [0.15, 0.2) is 42.6 Å². The summed E-state index contributed by atoms with van der Waals surface area (Å²) >= 11 is 0. The number of rotatable bonds is 4. The van der Waals surface area contributed by atoms with E-state index in [1.807, 2.05) is 13.8 Å². The van der Waals surface area contributed by atoms with Gasteiger partial charge < -0.3 is 16.2 Å². The van der Waals surface area contributed by atoms with Crippen molar-refractivity contribution in [3.8, 4) is 11.4 Å². The number of alkyl halides is 3. The minimum absolute atomic E-state index is 0.0128. The van der Waals surface area contributed by atoms with E-state index in [4.69, 9.17) is 5.73 Å². The van der Waals surface area contributed by atoms with Gasteiger partial charge in [0, 0.05) is 17.4 Å². The van der Waals surface area contributed by atoms with Gasteiger partial charge in [0.2, 0.25) is 11.9 Å². The van der Waals surface area contributed by atoms with Crippen molar-refractivity contribution >= 4 is 17.6 Å². The standard InChI is InChI=1S/C16H13F3N6O.C2H6/c17-16(18,19)12-7-11(4-5-21-12)22-15-24-13(23-14(20)25-15)10-3-1-2-9(6-10)8-26;1-2/h1-7,26H,8H2,(H3,20,21,22,23,24,25);1-2H3. The number of benzene rings is 1. The van der Waals surface area contributed by atoms with Crippen molar-refractivity contribution in [2.24, 2.45) is 0 Å². The van der Waals surface area contributed by atoms with Crippen LogP contribution in [0.2, 0.25) is 0 Å². The first-order valence-electron chi connectivity index (χ1n) is 8.37. The Kier molecular flexibility index (Phi) is 6.83. The fourth-order valence-corrected chi connectivity index (χ4v) is 2.18. The highest BCUT2D eigenvalue weighted by Crippen LogP contribution is 2.29. The molecule has 7 nitrogen and oxygen atoms in total. The van der Waals surface area contributed by atoms with Gasteiger partial charge in [0.15, 0.2) is 5.82 Å². The lowest BCUT2D eigenvalue weighted by Gasteiger charge is -2.10. The Morgan fingerprint density at radius 1 is 1.07 bits per heavy atom. The molecule has 0 saturated heterocycles. The van der Waals surface area contributed by atoms with Gasteiger partial charge in [-0.2, -0.15) is 28.1 Å². The van der Waals surface area contributed by atoms with E-state index in [2.05, 4.69) is 25.3 Å². The first-order valence-corrected chi connectivity index (χ1v) is 8.37. The molecule has 0 atom stereocenters. The molecule has 148 valence electrons. The predicted octanol–water partition coefficient (Wildman–Crippen LogP) is 3.80. The largest absolute Gasteiger partial charge is 0.433 e. The van der Waals surface area contributed by atoms with Gasteiger partial charge in [-0.15, -0.1) is 0 Å². The van der Waals surface area contributed by atoms with E-state index in [0.717, 1.165) is 12.3 Å². The van der Waals surface area contributed by atoms with Gasteiger partial charge >= 0.3 is 6.18 Å². The molecule has 0 radical (unpaired) electrons. The zero-order valence-electron chi connectivity index (χ0n) is 15.2. The Morgan fingerprint density at radius 2 is 1.82 bits per heavy atom. The molecule has 0 spiro atoms. The predicted molar refractivity (Wildman–Crippen MR) is 99.5 cm³/mol. The average molecular weight is 392 g/mol. The van der Waals surface area contributed by atoms with Crippen LogP contribution in [0.25, 0.3) is 11.4 Å². The third kappa shape index (κ3) is 5.36. The van der Waals surface area contributed by atoms with Crippen molar-refractivity contribution in [1.29, 1.82) is 0 Å². The quantitative estimate of drug-likeness (QED) is 0.619. The van der Waals surface area contributed by atoms with Gasteiger partial charge in [-0.05, 0) is 23.8 Å². The summed E-state index contributed by atoms with van der Waals surface area (Å²) < 4.78 is 38.3. The van der Waals surface area contributed by atoms with Crippen molar-refractivity contribution in [1.82, 2.24) is 19.9 Å². The molecule has 3 aromatic rings. The number of anilines is 3. The molecule has 0 saturated carbocycles. The summed E-state index contributed by atoms with van der Waals surface area (Å²) in [6, 6.07) is 9.02. The molecule has 0 unspecified atom stereocenters. The molecule has 2 aromatic heterocycles. The van der Waals surface area contributed by atoms with Crippen molar-refractivity contribution in [3.05, 3.63) is 53.9 Å². The Hall–Kier alpha value is -3.27. The molecule has 0 amide bonds. The van der Waals surface area contributed by atoms with Crippen LogP contribution in [0.3, 0.4) is 0 Å².